The van der Waals surface area contributed by atoms with E-state index in [0.717, 1.165) is 24.8 Å². The Kier molecular flexibility index (Phi) is 5.63. The van der Waals surface area contributed by atoms with E-state index in [2.05, 4.69) is 10.6 Å². The molecule has 6 nitrogen and oxygen atoms in total. The summed E-state index contributed by atoms with van der Waals surface area (Å²) in [6, 6.07) is 5.99. The zero-order chi connectivity index (χ0) is 19.6. The number of amides is 2. The summed E-state index contributed by atoms with van der Waals surface area (Å²) in [6.07, 6.45) is 4.86. The van der Waals surface area contributed by atoms with E-state index in [1.807, 2.05) is 39.0 Å². The molecule has 2 N–H and O–H groups in total. The number of hydrogen-bond donors (Lipinski definition) is 2. The molecule has 2 saturated carbocycles. The van der Waals surface area contributed by atoms with Crippen molar-refractivity contribution >= 4 is 12.0 Å². The van der Waals surface area contributed by atoms with E-state index >= 15 is 0 Å². The first kappa shape index (κ1) is 19.5. The molecule has 3 rings (SSSR count). The standard InChI is InChI=1S/C21H30N2O4/c1-21(2,3)27-20(25)23-17-12-15(17)13-9-10-18(26-4)16(11-13)19(24)22-14-7-5-6-8-14/h9-11,14-15,17H,5-8,12H2,1-4H3,(H,22,24)(H,23,25)/t15-,17+/m0/s1. The normalized spacial score (nSPS) is 22.2. The van der Waals surface area contributed by atoms with Gasteiger partial charge in [-0.15, -0.1) is 0 Å². The number of nitrogens with one attached hydrogen (secondary N) is 2. The molecule has 2 amide bonds. The lowest BCUT2D eigenvalue weighted by molar-refractivity contribution is 0.0522. The summed E-state index contributed by atoms with van der Waals surface area (Å²) >= 11 is 0. The van der Waals surface area contributed by atoms with Gasteiger partial charge in [-0.25, -0.2) is 4.79 Å². The Morgan fingerprint density at radius 2 is 1.81 bits per heavy atom. The summed E-state index contributed by atoms with van der Waals surface area (Å²) in [7, 11) is 1.57. The summed E-state index contributed by atoms with van der Waals surface area (Å²) in [5, 5.41) is 6.02. The summed E-state index contributed by atoms with van der Waals surface area (Å²) in [5.41, 5.74) is 1.08. The lowest BCUT2D eigenvalue weighted by Gasteiger charge is -2.19. The molecule has 0 bridgehead atoms. The number of benzene rings is 1. The Labute approximate surface area is 161 Å². The number of carbonyl (C=O) groups excluding carboxylic acids is 2. The van der Waals surface area contributed by atoms with Crippen LogP contribution < -0.4 is 15.4 Å². The highest BCUT2D eigenvalue weighted by atomic mass is 16.6. The van der Waals surface area contributed by atoms with Crippen molar-refractivity contribution in [1.82, 2.24) is 10.6 Å². The van der Waals surface area contributed by atoms with Gasteiger partial charge in [0.15, 0.2) is 0 Å². The van der Waals surface area contributed by atoms with Gasteiger partial charge in [0, 0.05) is 18.0 Å². The highest BCUT2D eigenvalue weighted by molar-refractivity contribution is 5.97. The molecule has 0 unspecified atom stereocenters. The second-order valence-electron chi connectivity index (χ2n) is 8.51. The molecule has 0 saturated heterocycles. The predicted molar refractivity (Wildman–Crippen MR) is 103 cm³/mol. The molecule has 2 aliphatic rings. The van der Waals surface area contributed by atoms with Gasteiger partial charge in [-0.3, -0.25) is 4.79 Å². The summed E-state index contributed by atoms with van der Waals surface area (Å²) in [6.45, 7) is 5.53. The molecule has 1 aromatic carbocycles. The minimum absolute atomic E-state index is 0.0407. The fourth-order valence-electron chi connectivity index (χ4n) is 3.65. The van der Waals surface area contributed by atoms with Crippen molar-refractivity contribution in [3.63, 3.8) is 0 Å². The van der Waals surface area contributed by atoms with Crippen molar-refractivity contribution in [2.45, 2.75) is 76.5 Å². The number of alkyl carbamates (subject to hydrolysis) is 1. The quantitative estimate of drug-likeness (QED) is 0.823. The van der Waals surface area contributed by atoms with Crippen LogP contribution in [0.1, 0.15) is 74.7 Å². The van der Waals surface area contributed by atoms with E-state index < -0.39 is 11.7 Å². The van der Waals surface area contributed by atoms with E-state index in [0.29, 0.717) is 11.3 Å². The van der Waals surface area contributed by atoms with Gasteiger partial charge in [-0.2, -0.15) is 0 Å². The highest BCUT2D eigenvalue weighted by Gasteiger charge is 2.41. The van der Waals surface area contributed by atoms with Crippen LogP contribution in [-0.4, -0.2) is 36.8 Å². The molecular formula is C21H30N2O4. The van der Waals surface area contributed by atoms with Crippen molar-refractivity contribution in [3.05, 3.63) is 29.3 Å². The Bertz CT molecular complexity index is 705. The first-order chi connectivity index (χ1) is 12.8. The van der Waals surface area contributed by atoms with Crippen LogP contribution in [0.15, 0.2) is 18.2 Å². The Morgan fingerprint density at radius 1 is 1.11 bits per heavy atom. The molecule has 6 heteroatoms. The number of methoxy groups -OCH3 is 1. The summed E-state index contributed by atoms with van der Waals surface area (Å²) in [5.74, 6) is 0.686. The maximum atomic E-state index is 12.7. The largest absolute Gasteiger partial charge is 0.496 e. The molecule has 0 aliphatic heterocycles. The lowest BCUT2D eigenvalue weighted by Crippen LogP contribution is -2.34. The Hall–Kier alpha value is -2.24. The van der Waals surface area contributed by atoms with Crippen molar-refractivity contribution in [2.24, 2.45) is 0 Å². The van der Waals surface area contributed by atoms with Crippen molar-refractivity contribution in [1.29, 1.82) is 0 Å². The maximum Gasteiger partial charge on any atom is 0.407 e. The van der Waals surface area contributed by atoms with E-state index in [1.165, 1.54) is 12.8 Å². The van der Waals surface area contributed by atoms with E-state index in [-0.39, 0.29) is 23.9 Å². The average Bonchev–Trinajstić information content (AvgIpc) is 3.14. The Morgan fingerprint density at radius 3 is 2.44 bits per heavy atom. The monoisotopic (exact) mass is 374 g/mol. The molecule has 0 heterocycles. The van der Waals surface area contributed by atoms with Crippen LogP contribution in [0, 0.1) is 0 Å². The molecule has 2 fully saturated rings. The third-order valence-electron chi connectivity index (χ3n) is 5.08. The second kappa shape index (κ2) is 7.79. The Balaban J connectivity index is 1.65. The highest BCUT2D eigenvalue weighted by Crippen LogP contribution is 2.42. The first-order valence-electron chi connectivity index (χ1n) is 9.75. The lowest BCUT2D eigenvalue weighted by atomic mass is 10.0. The molecule has 0 aromatic heterocycles. The molecule has 2 aliphatic carbocycles. The van der Waals surface area contributed by atoms with Gasteiger partial charge in [0.05, 0.1) is 12.7 Å². The predicted octanol–water partition coefficient (Wildman–Crippen LogP) is 3.75. The molecule has 2 atom stereocenters. The summed E-state index contributed by atoms with van der Waals surface area (Å²) in [4.78, 5) is 24.6. The van der Waals surface area contributed by atoms with Gasteiger partial charge in [-0.1, -0.05) is 18.9 Å². The maximum absolute atomic E-state index is 12.7. The van der Waals surface area contributed by atoms with Crippen LogP contribution in [0.5, 0.6) is 5.75 Å². The molecule has 148 valence electrons. The smallest absolute Gasteiger partial charge is 0.407 e. The number of ether oxygens (including phenoxy) is 2. The summed E-state index contributed by atoms with van der Waals surface area (Å²) < 4.78 is 10.7. The first-order valence-corrected chi connectivity index (χ1v) is 9.75. The van der Waals surface area contributed by atoms with E-state index in [4.69, 9.17) is 9.47 Å². The van der Waals surface area contributed by atoms with E-state index in [1.54, 1.807) is 7.11 Å². The van der Waals surface area contributed by atoms with Gasteiger partial charge >= 0.3 is 6.09 Å². The van der Waals surface area contributed by atoms with Crippen molar-refractivity contribution in [3.8, 4) is 5.75 Å². The SMILES string of the molecule is COc1ccc([C@@H]2C[C@H]2NC(=O)OC(C)(C)C)cc1C(=O)NC1CCCC1. The van der Waals surface area contributed by atoms with Crippen LogP contribution in [-0.2, 0) is 4.74 Å². The van der Waals surface area contributed by atoms with Gasteiger partial charge in [0.25, 0.3) is 5.91 Å². The minimum Gasteiger partial charge on any atom is -0.496 e. The van der Waals surface area contributed by atoms with Gasteiger partial charge in [0.1, 0.15) is 11.4 Å². The van der Waals surface area contributed by atoms with Crippen molar-refractivity contribution in [2.75, 3.05) is 7.11 Å². The van der Waals surface area contributed by atoms with Crippen LogP contribution >= 0.6 is 0 Å². The zero-order valence-electron chi connectivity index (χ0n) is 16.6. The number of rotatable bonds is 5. The zero-order valence-corrected chi connectivity index (χ0v) is 16.6. The van der Waals surface area contributed by atoms with Crippen LogP contribution in [0.25, 0.3) is 0 Å². The van der Waals surface area contributed by atoms with E-state index in [9.17, 15) is 9.59 Å². The fourth-order valence-corrected chi connectivity index (χ4v) is 3.65. The molecule has 0 spiro atoms. The second-order valence-corrected chi connectivity index (χ2v) is 8.51. The number of hydrogen-bond acceptors (Lipinski definition) is 4. The van der Waals surface area contributed by atoms with Gasteiger partial charge < -0.3 is 20.1 Å². The number of carbonyl (C=O) groups is 2. The minimum atomic E-state index is -0.514. The van der Waals surface area contributed by atoms with Crippen LogP contribution in [0.4, 0.5) is 4.79 Å². The molecule has 1 aromatic rings. The third-order valence-corrected chi connectivity index (χ3v) is 5.08. The van der Waals surface area contributed by atoms with Crippen LogP contribution in [0.2, 0.25) is 0 Å². The molecule has 0 radical (unpaired) electrons. The van der Waals surface area contributed by atoms with Gasteiger partial charge in [0.2, 0.25) is 0 Å². The van der Waals surface area contributed by atoms with Crippen LogP contribution in [0.3, 0.4) is 0 Å². The third kappa shape index (κ3) is 5.15. The topological polar surface area (TPSA) is 76.7 Å². The fraction of sp³-hybridized carbons (Fsp3) is 0.619. The molecule has 27 heavy (non-hydrogen) atoms. The average molecular weight is 374 g/mol. The van der Waals surface area contributed by atoms with Gasteiger partial charge in [-0.05, 0) is 57.7 Å². The van der Waals surface area contributed by atoms with Crippen molar-refractivity contribution < 1.29 is 19.1 Å². The molecular weight excluding hydrogens is 344 g/mol.